The molecule has 4 rings (SSSR count). The summed E-state index contributed by atoms with van der Waals surface area (Å²) in [5, 5.41) is 13.5. The number of anilines is 1. The third-order valence-electron chi connectivity index (χ3n) is 5.38. The molecule has 0 aliphatic carbocycles. The normalized spacial score (nSPS) is 24.6. The Bertz CT molecular complexity index is 777. The molecule has 8 heteroatoms. The Kier molecular flexibility index (Phi) is 4.82. The van der Waals surface area contributed by atoms with E-state index < -0.39 is 0 Å². The number of nitrogens with zero attached hydrogens (tertiary/aromatic N) is 6. The van der Waals surface area contributed by atoms with Gasteiger partial charge in [0.05, 0.1) is 11.8 Å². The Labute approximate surface area is 160 Å². The summed E-state index contributed by atoms with van der Waals surface area (Å²) in [6.07, 6.45) is 3.87. The fraction of sp³-hybridized carbons (Fsp3) is 0.579. The number of pyridine rings is 1. The molecule has 4 heterocycles. The van der Waals surface area contributed by atoms with Crippen molar-refractivity contribution in [2.45, 2.75) is 44.8 Å². The van der Waals surface area contributed by atoms with E-state index in [2.05, 4.69) is 40.6 Å². The number of fused-ring (bicyclic) bond motifs is 1. The van der Waals surface area contributed by atoms with E-state index in [1.165, 1.54) is 0 Å². The molecule has 1 saturated heterocycles. The van der Waals surface area contributed by atoms with Gasteiger partial charge in [0.15, 0.2) is 0 Å². The Morgan fingerprint density at radius 3 is 2.78 bits per heavy atom. The van der Waals surface area contributed by atoms with Crippen molar-refractivity contribution in [1.82, 2.24) is 20.2 Å². The van der Waals surface area contributed by atoms with Gasteiger partial charge in [0.2, 0.25) is 5.96 Å². The van der Waals surface area contributed by atoms with Gasteiger partial charge in [-0.1, -0.05) is 19.4 Å². The number of hydrazone groups is 1. The number of hydrogen-bond acceptors (Lipinski definition) is 8. The van der Waals surface area contributed by atoms with E-state index in [0.717, 1.165) is 54.8 Å². The lowest BCUT2D eigenvalue weighted by Crippen LogP contribution is -2.59. The highest BCUT2D eigenvalue weighted by atomic mass is 15.5. The van der Waals surface area contributed by atoms with Gasteiger partial charge in [-0.25, -0.2) is 9.98 Å². The van der Waals surface area contributed by atoms with Crippen molar-refractivity contribution in [2.75, 3.05) is 32.5 Å². The van der Waals surface area contributed by atoms with Gasteiger partial charge in [0.1, 0.15) is 23.7 Å². The first-order chi connectivity index (χ1) is 13.1. The first-order valence-corrected chi connectivity index (χ1v) is 9.66. The molecule has 2 unspecified atom stereocenters. The monoisotopic (exact) mass is 368 g/mol. The van der Waals surface area contributed by atoms with Gasteiger partial charge in [0, 0.05) is 33.4 Å². The van der Waals surface area contributed by atoms with Crippen LogP contribution in [0.15, 0.2) is 33.4 Å². The number of likely N-dealkylation sites (N-methyl/N-ethyl adjacent to an activating group) is 2. The topological polar surface area (TPSA) is 80.5 Å². The number of amidine groups is 1. The number of aryl methyl sites for hydroxylation is 1. The van der Waals surface area contributed by atoms with Crippen LogP contribution in [0.5, 0.6) is 0 Å². The van der Waals surface area contributed by atoms with Crippen molar-refractivity contribution in [1.29, 1.82) is 0 Å². The van der Waals surface area contributed by atoms with Crippen LogP contribution in [0.3, 0.4) is 0 Å². The molecule has 2 N–H and O–H groups in total. The third kappa shape index (κ3) is 3.41. The number of aromatic nitrogens is 1. The van der Waals surface area contributed by atoms with E-state index in [4.69, 9.17) is 15.1 Å². The van der Waals surface area contributed by atoms with Crippen LogP contribution in [0.4, 0.5) is 5.82 Å². The summed E-state index contributed by atoms with van der Waals surface area (Å²) in [5.41, 5.74) is 2.27. The predicted octanol–water partition coefficient (Wildman–Crippen LogP) is 1.31. The maximum atomic E-state index is 5.00. The molecule has 8 nitrogen and oxygen atoms in total. The first kappa shape index (κ1) is 17.9. The molecule has 3 aliphatic rings. The molecular formula is C19H28N8. The maximum absolute atomic E-state index is 5.00. The van der Waals surface area contributed by atoms with Crippen molar-refractivity contribution in [3.05, 3.63) is 23.9 Å². The SMILES string of the molecule is CCCC1=NN(C)C2C(Nc3ccc(C)cn3)=NC(N(C)C3CNC3)=NC12. The van der Waals surface area contributed by atoms with Gasteiger partial charge < -0.3 is 15.5 Å². The lowest BCUT2D eigenvalue weighted by molar-refractivity contribution is 0.260. The molecule has 1 fully saturated rings. The zero-order valence-electron chi connectivity index (χ0n) is 16.5. The summed E-state index contributed by atoms with van der Waals surface area (Å²) in [7, 11) is 4.07. The smallest absolute Gasteiger partial charge is 0.223 e. The molecule has 144 valence electrons. The lowest BCUT2D eigenvalue weighted by Gasteiger charge is -2.38. The Balaban J connectivity index is 1.65. The molecule has 0 bridgehead atoms. The van der Waals surface area contributed by atoms with Crippen LogP contribution in [-0.4, -0.2) is 77.7 Å². The van der Waals surface area contributed by atoms with Crippen LogP contribution < -0.4 is 10.6 Å². The lowest BCUT2D eigenvalue weighted by atomic mass is 9.99. The van der Waals surface area contributed by atoms with E-state index in [1.54, 1.807) is 0 Å². The van der Waals surface area contributed by atoms with Crippen molar-refractivity contribution in [3.8, 4) is 0 Å². The predicted molar refractivity (Wildman–Crippen MR) is 110 cm³/mol. The van der Waals surface area contributed by atoms with Crippen LogP contribution in [0, 0.1) is 6.92 Å². The highest BCUT2D eigenvalue weighted by Gasteiger charge is 2.42. The second-order valence-corrected chi connectivity index (χ2v) is 7.50. The van der Waals surface area contributed by atoms with Crippen molar-refractivity contribution >= 4 is 23.3 Å². The molecule has 1 aromatic rings. The van der Waals surface area contributed by atoms with Crippen molar-refractivity contribution in [2.24, 2.45) is 15.1 Å². The molecule has 3 aliphatic heterocycles. The molecule has 0 amide bonds. The van der Waals surface area contributed by atoms with Crippen molar-refractivity contribution in [3.63, 3.8) is 0 Å². The minimum absolute atomic E-state index is 0.00545. The number of hydrogen-bond donors (Lipinski definition) is 2. The van der Waals surface area contributed by atoms with Gasteiger partial charge in [-0.15, -0.1) is 0 Å². The van der Waals surface area contributed by atoms with E-state index in [0.29, 0.717) is 6.04 Å². The van der Waals surface area contributed by atoms with Crippen LogP contribution >= 0.6 is 0 Å². The summed E-state index contributed by atoms with van der Waals surface area (Å²) in [4.78, 5) is 16.6. The van der Waals surface area contributed by atoms with Gasteiger partial charge >= 0.3 is 0 Å². The van der Waals surface area contributed by atoms with Crippen molar-refractivity contribution < 1.29 is 0 Å². The minimum atomic E-state index is -0.00804. The molecular weight excluding hydrogens is 340 g/mol. The van der Waals surface area contributed by atoms with Gasteiger partial charge in [-0.05, 0) is 25.0 Å². The largest absolute Gasteiger partial charge is 0.339 e. The van der Waals surface area contributed by atoms with E-state index >= 15 is 0 Å². The van der Waals surface area contributed by atoms with Crippen LogP contribution in [0.25, 0.3) is 0 Å². The fourth-order valence-corrected chi connectivity index (χ4v) is 3.62. The Morgan fingerprint density at radius 1 is 1.33 bits per heavy atom. The highest BCUT2D eigenvalue weighted by molar-refractivity contribution is 6.12. The highest BCUT2D eigenvalue weighted by Crippen LogP contribution is 2.26. The van der Waals surface area contributed by atoms with Crippen LogP contribution in [0.1, 0.15) is 25.3 Å². The number of rotatable bonds is 4. The molecule has 2 atom stereocenters. The zero-order valence-corrected chi connectivity index (χ0v) is 16.5. The summed E-state index contributed by atoms with van der Waals surface area (Å²) in [5.74, 6) is 2.43. The quantitative estimate of drug-likeness (QED) is 0.838. The third-order valence-corrected chi connectivity index (χ3v) is 5.38. The average molecular weight is 368 g/mol. The van der Waals surface area contributed by atoms with E-state index in [1.807, 2.05) is 31.2 Å². The second kappa shape index (κ2) is 7.26. The van der Waals surface area contributed by atoms with Crippen LogP contribution in [-0.2, 0) is 0 Å². The molecule has 0 radical (unpaired) electrons. The molecule has 0 aromatic carbocycles. The molecule has 0 spiro atoms. The van der Waals surface area contributed by atoms with Gasteiger partial charge in [0.25, 0.3) is 0 Å². The van der Waals surface area contributed by atoms with Gasteiger partial charge in [-0.3, -0.25) is 5.01 Å². The van der Waals surface area contributed by atoms with Gasteiger partial charge in [-0.2, -0.15) is 10.1 Å². The molecule has 1 aromatic heterocycles. The molecule has 27 heavy (non-hydrogen) atoms. The van der Waals surface area contributed by atoms with E-state index in [9.17, 15) is 0 Å². The maximum Gasteiger partial charge on any atom is 0.223 e. The summed E-state index contributed by atoms with van der Waals surface area (Å²) in [6.45, 7) is 6.15. The summed E-state index contributed by atoms with van der Waals surface area (Å²) in [6, 6.07) is 4.47. The fourth-order valence-electron chi connectivity index (χ4n) is 3.62. The minimum Gasteiger partial charge on any atom is -0.339 e. The zero-order chi connectivity index (χ0) is 19.0. The second-order valence-electron chi connectivity index (χ2n) is 7.50. The van der Waals surface area contributed by atoms with Crippen LogP contribution in [0.2, 0.25) is 0 Å². The summed E-state index contributed by atoms with van der Waals surface area (Å²) >= 11 is 0. The standard InChI is InChI=1S/C19H28N8/c1-5-6-14-16-17(27(4)25-14)18(22-15-8-7-12(2)9-21-15)24-19(23-16)26(3)13-10-20-11-13/h7-9,13,16-17,20H,5-6,10-11H2,1-4H3,(H,21,22,23,24). The first-order valence-electron chi connectivity index (χ1n) is 9.66. The molecule has 0 saturated carbocycles. The summed E-state index contributed by atoms with van der Waals surface area (Å²) < 4.78 is 0. The Morgan fingerprint density at radius 2 is 2.15 bits per heavy atom. The number of guanidine groups is 1. The van der Waals surface area contributed by atoms with E-state index in [-0.39, 0.29) is 12.1 Å². The average Bonchev–Trinajstić information content (AvgIpc) is 2.92. The Hall–Kier alpha value is -2.48. The number of nitrogens with one attached hydrogen (secondary N) is 2. The number of aliphatic imine (C=N–C) groups is 2.